The van der Waals surface area contributed by atoms with Gasteiger partial charge in [0.15, 0.2) is 0 Å². The second-order valence-corrected chi connectivity index (χ2v) is 7.23. The van der Waals surface area contributed by atoms with Crippen LogP contribution in [0.4, 0.5) is 5.00 Å². The maximum atomic E-state index is 12.8. The van der Waals surface area contributed by atoms with E-state index in [0.717, 1.165) is 11.3 Å². The van der Waals surface area contributed by atoms with Gasteiger partial charge in [0.25, 0.3) is 5.91 Å². The van der Waals surface area contributed by atoms with Gasteiger partial charge in [0.05, 0.1) is 30.4 Å². The molecule has 30 heavy (non-hydrogen) atoms. The fraction of sp³-hybridized carbons (Fsp3) is 0.333. The second kappa shape index (κ2) is 10.5. The van der Waals surface area contributed by atoms with Gasteiger partial charge in [-0.15, -0.1) is 11.3 Å². The average Bonchev–Trinajstić information content (AvgIpc) is 3.03. The number of methoxy groups -OCH3 is 1. The number of benzene rings is 1. The number of thiophene rings is 1. The van der Waals surface area contributed by atoms with Gasteiger partial charge in [0, 0.05) is 12.7 Å². The van der Waals surface area contributed by atoms with Crippen molar-refractivity contribution in [2.45, 2.75) is 20.8 Å². The molecule has 1 aromatic heterocycles. The third-order valence-electron chi connectivity index (χ3n) is 4.16. The number of carbonyl (C=O) groups excluding carboxylic acids is 3. The number of nitriles is 1. The number of hydrogen-bond acceptors (Lipinski definition) is 8. The summed E-state index contributed by atoms with van der Waals surface area (Å²) in [7, 11) is 1.49. The molecule has 1 amide bonds. The van der Waals surface area contributed by atoms with E-state index in [0.29, 0.717) is 22.3 Å². The fourth-order valence-electron chi connectivity index (χ4n) is 2.69. The predicted molar refractivity (Wildman–Crippen MR) is 111 cm³/mol. The number of esters is 2. The lowest BCUT2D eigenvalue weighted by atomic mass is 10.0. The van der Waals surface area contributed by atoms with Crippen LogP contribution in [0.1, 0.15) is 54.0 Å². The highest BCUT2D eigenvalue weighted by Crippen LogP contribution is 2.34. The first-order valence-electron chi connectivity index (χ1n) is 9.12. The lowest BCUT2D eigenvalue weighted by Crippen LogP contribution is -2.16. The summed E-state index contributed by atoms with van der Waals surface area (Å²) in [6.45, 7) is 5.41. The van der Waals surface area contributed by atoms with Crippen LogP contribution in [0, 0.1) is 25.2 Å². The molecule has 0 aliphatic heterocycles. The van der Waals surface area contributed by atoms with Crippen molar-refractivity contribution in [1.29, 1.82) is 5.26 Å². The molecule has 0 radical (unpaired) electrons. The molecule has 158 valence electrons. The molecule has 0 saturated carbocycles. The number of carbonyl (C=O) groups is 3. The van der Waals surface area contributed by atoms with Gasteiger partial charge in [-0.05, 0) is 50.1 Å². The van der Waals surface area contributed by atoms with Crippen molar-refractivity contribution in [3.8, 4) is 6.07 Å². The third-order valence-corrected chi connectivity index (χ3v) is 5.35. The van der Waals surface area contributed by atoms with Crippen LogP contribution in [0.3, 0.4) is 0 Å². The highest BCUT2D eigenvalue weighted by atomic mass is 32.1. The Labute approximate surface area is 178 Å². The van der Waals surface area contributed by atoms with Crippen LogP contribution in [0.2, 0.25) is 0 Å². The van der Waals surface area contributed by atoms with Crippen molar-refractivity contribution in [3.05, 3.63) is 50.9 Å². The Bertz CT molecular complexity index is 1010. The first kappa shape index (κ1) is 23.1. The topological polar surface area (TPSA) is 115 Å². The Kier molecular flexibility index (Phi) is 8.09. The van der Waals surface area contributed by atoms with Crippen LogP contribution in [0.15, 0.2) is 18.2 Å². The summed E-state index contributed by atoms with van der Waals surface area (Å²) >= 11 is 0.942. The van der Waals surface area contributed by atoms with E-state index in [1.165, 1.54) is 19.2 Å². The smallest absolute Gasteiger partial charge is 0.348 e. The Morgan fingerprint density at radius 3 is 2.47 bits per heavy atom. The lowest BCUT2D eigenvalue weighted by molar-refractivity contribution is 0.0392. The molecule has 0 aliphatic carbocycles. The van der Waals surface area contributed by atoms with Gasteiger partial charge in [-0.1, -0.05) is 0 Å². The molecular weight excluding hydrogens is 408 g/mol. The minimum atomic E-state index is -0.644. The van der Waals surface area contributed by atoms with Crippen LogP contribution in [0.25, 0.3) is 0 Å². The monoisotopic (exact) mass is 430 g/mol. The zero-order valence-corrected chi connectivity index (χ0v) is 18.0. The molecule has 0 aliphatic rings. The van der Waals surface area contributed by atoms with Crippen LogP contribution in [-0.4, -0.2) is 44.8 Å². The summed E-state index contributed by atoms with van der Waals surface area (Å²) in [6, 6.07) is 6.68. The van der Waals surface area contributed by atoms with E-state index in [-0.39, 0.29) is 35.3 Å². The predicted octanol–water partition coefficient (Wildman–Crippen LogP) is 3.47. The fourth-order valence-corrected chi connectivity index (χ4v) is 3.77. The lowest BCUT2D eigenvalue weighted by Gasteiger charge is -2.09. The molecule has 9 heteroatoms. The molecule has 2 rings (SSSR count). The average molecular weight is 430 g/mol. The number of anilines is 1. The Balaban J connectivity index is 2.38. The van der Waals surface area contributed by atoms with Gasteiger partial charge < -0.3 is 19.5 Å². The van der Waals surface area contributed by atoms with Crippen molar-refractivity contribution >= 4 is 34.2 Å². The molecular formula is C21H22N2O6S. The number of aryl methyl sites for hydroxylation is 1. The summed E-state index contributed by atoms with van der Waals surface area (Å²) in [5.41, 5.74) is 1.87. The van der Waals surface area contributed by atoms with Crippen molar-refractivity contribution in [1.82, 2.24) is 0 Å². The highest BCUT2D eigenvalue weighted by molar-refractivity contribution is 7.18. The van der Waals surface area contributed by atoms with Crippen LogP contribution >= 0.6 is 11.3 Å². The molecule has 0 bridgehead atoms. The van der Waals surface area contributed by atoms with Gasteiger partial charge in [-0.25, -0.2) is 9.59 Å². The molecule has 0 spiro atoms. The van der Waals surface area contributed by atoms with Gasteiger partial charge in [0.2, 0.25) is 0 Å². The standard InChI is InChI=1S/C21H22N2O6S/c1-5-28-20(25)16-13(3)17(21(26)29-9-8-27-4)30-19(16)23-18(24)15-7-6-14(11-22)10-12(15)2/h6-7,10H,5,8-9H2,1-4H3,(H,23,24). The van der Waals surface area contributed by atoms with Crippen LogP contribution in [0.5, 0.6) is 0 Å². The summed E-state index contributed by atoms with van der Waals surface area (Å²) in [5.74, 6) is -1.73. The van der Waals surface area contributed by atoms with E-state index in [1.54, 1.807) is 26.8 Å². The highest BCUT2D eigenvalue weighted by Gasteiger charge is 2.27. The van der Waals surface area contributed by atoms with E-state index in [2.05, 4.69) is 5.32 Å². The third kappa shape index (κ3) is 5.23. The molecule has 2 aromatic rings. The van der Waals surface area contributed by atoms with E-state index in [4.69, 9.17) is 19.5 Å². The van der Waals surface area contributed by atoms with Crippen molar-refractivity contribution in [3.63, 3.8) is 0 Å². The Morgan fingerprint density at radius 2 is 1.87 bits per heavy atom. The number of rotatable bonds is 8. The van der Waals surface area contributed by atoms with Crippen LogP contribution < -0.4 is 5.32 Å². The largest absolute Gasteiger partial charge is 0.462 e. The minimum Gasteiger partial charge on any atom is -0.462 e. The number of hydrogen-bond donors (Lipinski definition) is 1. The molecule has 0 unspecified atom stereocenters. The van der Waals surface area contributed by atoms with E-state index >= 15 is 0 Å². The van der Waals surface area contributed by atoms with Crippen molar-refractivity contribution in [2.24, 2.45) is 0 Å². The maximum absolute atomic E-state index is 12.8. The zero-order chi connectivity index (χ0) is 22.3. The summed E-state index contributed by atoms with van der Waals surface area (Å²) < 4.78 is 15.1. The molecule has 0 saturated heterocycles. The SMILES string of the molecule is CCOC(=O)c1c(NC(=O)c2ccc(C#N)cc2C)sc(C(=O)OCCOC)c1C. The number of amides is 1. The van der Waals surface area contributed by atoms with Crippen molar-refractivity contribution < 1.29 is 28.6 Å². The maximum Gasteiger partial charge on any atom is 0.348 e. The quantitative estimate of drug-likeness (QED) is 0.504. The van der Waals surface area contributed by atoms with Gasteiger partial charge in [-0.3, -0.25) is 4.79 Å². The number of nitrogens with one attached hydrogen (secondary N) is 1. The van der Waals surface area contributed by atoms with Crippen LogP contribution in [-0.2, 0) is 14.2 Å². The zero-order valence-electron chi connectivity index (χ0n) is 17.2. The normalized spacial score (nSPS) is 10.2. The van der Waals surface area contributed by atoms with Gasteiger partial charge in [0.1, 0.15) is 16.5 Å². The molecule has 1 heterocycles. The summed E-state index contributed by atoms with van der Waals surface area (Å²) in [4.78, 5) is 37.9. The molecule has 1 aromatic carbocycles. The second-order valence-electron chi connectivity index (χ2n) is 6.21. The molecule has 1 N–H and O–H groups in total. The van der Waals surface area contributed by atoms with E-state index < -0.39 is 17.8 Å². The van der Waals surface area contributed by atoms with Gasteiger partial charge >= 0.3 is 11.9 Å². The molecule has 8 nitrogen and oxygen atoms in total. The van der Waals surface area contributed by atoms with E-state index in [1.807, 2.05) is 6.07 Å². The minimum absolute atomic E-state index is 0.0630. The Morgan fingerprint density at radius 1 is 1.13 bits per heavy atom. The summed E-state index contributed by atoms with van der Waals surface area (Å²) in [5, 5.41) is 11.9. The first-order valence-corrected chi connectivity index (χ1v) is 9.94. The molecule has 0 atom stereocenters. The number of ether oxygens (including phenoxy) is 3. The first-order chi connectivity index (χ1) is 14.3. The molecule has 0 fully saturated rings. The van der Waals surface area contributed by atoms with Crippen molar-refractivity contribution in [2.75, 3.05) is 32.2 Å². The van der Waals surface area contributed by atoms with E-state index in [9.17, 15) is 14.4 Å². The number of nitrogens with zero attached hydrogens (tertiary/aromatic N) is 1. The summed E-state index contributed by atoms with van der Waals surface area (Å²) in [6.07, 6.45) is 0. The Hall–Kier alpha value is -3.22. The van der Waals surface area contributed by atoms with Gasteiger partial charge in [-0.2, -0.15) is 5.26 Å².